The maximum Gasteiger partial charge on any atom is 0.510 e. The van der Waals surface area contributed by atoms with Crippen LogP contribution in [-0.2, 0) is 39.9 Å². The van der Waals surface area contributed by atoms with Gasteiger partial charge in [-0.2, -0.15) is 21.9 Å². The van der Waals surface area contributed by atoms with Gasteiger partial charge in [-0.05, 0) is 75.3 Å². The maximum atomic E-state index is 13.1. The number of rotatable bonds is 21. The van der Waals surface area contributed by atoms with E-state index in [0.29, 0.717) is 59.3 Å². The molecule has 2 unspecified atom stereocenters. The van der Waals surface area contributed by atoms with Gasteiger partial charge in [0.15, 0.2) is 12.1 Å². The number of thioether (sulfide) groups is 1. The lowest BCUT2D eigenvalue weighted by molar-refractivity contribution is -0.756. The van der Waals surface area contributed by atoms with E-state index in [1.165, 1.54) is 45.1 Å². The summed E-state index contributed by atoms with van der Waals surface area (Å²) in [7, 11) is 1.46. The molecule has 19 nitrogen and oxygen atoms in total. The largest absolute Gasteiger partial charge is 0.510 e. The summed E-state index contributed by atoms with van der Waals surface area (Å²) in [5.74, 6) is 6.34. The molecule has 4 aromatic rings. The fraction of sp³-hybridized carbons (Fsp3) is 0.439. The van der Waals surface area contributed by atoms with Crippen LogP contribution < -0.4 is 16.3 Å². The van der Waals surface area contributed by atoms with Crippen LogP contribution in [-0.4, -0.2) is 101 Å². The van der Waals surface area contributed by atoms with Gasteiger partial charge in [0.25, 0.3) is 17.6 Å². The van der Waals surface area contributed by atoms with Gasteiger partial charge < -0.3 is 39.0 Å². The molecule has 0 amide bonds. The summed E-state index contributed by atoms with van der Waals surface area (Å²) in [5.41, 5.74) is 11.0. The van der Waals surface area contributed by atoms with Crippen LogP contribution in [0.2, 0.25) is 0 Å². The van der Waals surface area contributed by atoms with Gasteiger partial charge in [-0.25, -0.2) is 15.4 Å². The second-order valence-corrected chi connectivity index (χ2v) is 14.6. The summed E-state index contributed by atoms with van der Waals surface area (Å²) in [6.07, 6.45) is 3.40. The molecule has 0 aliphatic heterocycles. The molecule has 61 heavy (non-hydrogen) atoms. The van der Waals surface area contributed by atoms with Gasteiger partial charge in [-0.1, -0.05) is 61.0 Å². The fourth-order valence-electron chi connectivity index (χ4n) is 6.13. The Morgan fingerprint density at radius 2 is 1.72 bits per heavy atom. The van der Waals surface area contributed by atoms with Gasteiger partial charge >= 0.3 is 12.1 Å². The molecule has 330 valence electrons. The minimum absolute atomic E-state index is 0.0211. The zero-order valence-corrected chi connectivity index (χ0v) is 35.5. The molecule has 1 heterocycles. The molecular weight excluding hydrogens is 815 g/mol. The van der Waals surface area contributed by atoms with E-state index in [4.69, 9.17) is 40.0 Å². The van der Waals surface area contributed by atoms with E-state index in [1.807, 2.05) is 60.0 Å². The van der Waals surface area contributed by atoms with Crippen LogP contribution >= 0.6 is 11.8 Å². The average Bonchev–Trinajstić information content (AvgIpc) is 3.60. The standard InChI is InChI=1S/C34H41N7O10S.C7H12O2/c1-5-47-33-37-29-12-8-11-28(32(42)51-23(3)46-4)30(29)39(33)21-24-13-15-25(16-14-24)26-9-6-7-10-27(26)31(35)38-40(36)22(2)50-34(43)48-17-19-52-20-18-49-41(44)45;8-6-9-7-4-2-1-3-5-7/h6-16,22-23H,5,17-21,36H2,1-4H3,(H2,35,38);6-7H,1-5H2. The number of hydrazine groups is 1. The van der Waals surface area contributed by atoms with Gasteiger partial charge in [0.1, 0.15) is 19.3 Å². The lowest BCUT2D eigenvalue weighted by Crippen LogP contribution is -2.40. The Morgan fingerprint density at radius 1 is 1.02 bits per heavy atom. The Labute approximate surface area is 357 Å². The Hall–Kier alpha value is -6.12. The Kier molecular flexibility index (Phi) is 19.4. The van der Waals surface area contributed by atoms with E-state index in [-0.39, 0.29) is 25.2 Å². The number of carbonyl (C=O) groups excluding carboxylic acids is 3. The topological polar surface area (TPSA) is 244 Å². The third kappa shape index (κ3) is 14.8. The highest BCUT2D eigenvalue weighted by Gasteiger charge is 2.22. The van der Waals surface area contributed by atoms with Crippen LogP contribution in [0.4, 0.5) is 4.79 Å². The van der Waals surface area contributed by atoms with Gasteiger partial charge in [0.2, 0.25) is 6.23 Å². The quantitative estimate of drug-likeness (QED) is 0.00928. The Bertz CT molecular complexity index is 2060. The predicted octanol–water partition coefficient (Wildman–Crippen LogP) is 6.03. The van der Waals surface area contributed by atoms with Crippen molar-refractivity contribution in [2.45, 2.75) is 78.0 Å². The highest BCUT2D eigenvalue weighted by atomic mass is 32.2. The molecule has 20 heteroatoms. The van der Waals surface area contributed by atoms with Crippen molar-refractivity contribution in [3.63, 3.8) is 0 Å². The van der Waals surface area contributed by atoms with Crippen molar-refractivity contribution < 1.29 is 52.7 Å². The van der Waals surface area contributed by atoms with Crippen molar-refractivity contribution in [1.82, 2.24) is 14.7 Å². The summed E-state index contributed by atoms with van der Waals surface area (Å²) in [5, 5.41) is 14.4. The Balaban J connectivity index is 0.000000804. The van der Waals surface area contributed by atoms with Crippen molar-refractivity contribution in [2.75, 3.05) is 38.4 Å². The number of para-hydroxylation sites is 1. The van der Waals surface area contributed by atoms with Crippen LogP contribution in [0.5, 0.6) is 6.01 Å². The van der Waals surface area contributed by atoms with Crippen molar-refractivity contribution in [3.8, 4) is 17.1 Å². The van der Waals surface area contributed by atoms with Crippen LogP contribution in [0.15, 0.2) is 71.8 Å². The lowest BCUT2D eigenvalue weighted by atomic mass is 9.98. The van der Waals surface area contributed by atoms with E-state index in [2.05, 4.69) is 14.9 Å². The van der Waals surface area contributed by atoms with Crippen LogP contribution in [0.3, 0.4) is 0 Å². The maximum absolute atomic E-state index is 13.1. The number of benzene rings is 3. The van der Waals surface area contributed by atoms with Crippen LogP contribution in [0.25, 0.3) is 22.2 Å². The number of nitrogens with zero attached hydrogens (tertiary/aromatic N) is 5. The van der Waals surface area contributed by atoms with Crippen LogP contribution in [0.1, 0.15) is 74.4 Å². The number of hydrazone groups is 1. The van der Waals surface area contributed by atoms with Crippen molar-refractivity contribution in [3.05, 3.63) is 93.5 Å². The number of ether oxygens (including phenoxy) is 6. The molecule has 0 radical (unpaired) electrons. The van der Waals surface area contributed by atoms with Gasteiger partial charge in [0.05, 0.1) is 29.7 Å². The fourth-order valence-corrected chi connectivity index (χ4v) is 6.73. The molecule has 3 aromatic carbocycles. The normalized spacial score (nSPS) is 13.8. The highest BCUT2D eigenvalue weighted by Crippen LogP contribution is 2.29. The number of hydrogen-bond donors (Lipinski definition) is 2. The van der Waals surface area contributed by atoms with E-state index in [0.717, 1.165) is 34.6 Å². The first-order chi connectivity index (χ1) is 29.4. The number of aromatic nitrogens is 2. The Morgan fingerprint density at radius 3 is 2.41 bits per heavy atom. The summed E-state index contributed by atoms with van der Waals surface area (Å²) in [6.45, 7) is 6.25. The summed E-state index contributed by atoms with van der Waals surface area (Å²) >= 11 is 1.31. The molecule has 1 aliphatic carbocycles. The molecular formula is C41H53N7O12S. The second-order valence-electron chi connectivity index (χ2n) is 13.4. The number of fused-ring (bicyclic) bond motifs is 1. The minimum Gasteiger partial charge on any atom is -0.465 e. The van der Waals surface area contributed by atoms with Crippen molar-refractivity contribution in [2.24, 2.45) is 16.7 Å². The number of methoxy groups -OCH3 is 1. The molecule has 0 saturated heterocycles. The van der Waals surface area contributed by atoms with E-state index in [1.54, 1.807) is 25.1 Å². The molecule has 5 rings (SSSR count). The number of nitrogens with two attached hydrogens (primary N) is 2. The predicted molar refractivity (Wildman–Crippen MR) is 227 cm³/mol. The van der Waals surface area contributed by atoms with Crippen LogP contribution in [0, 0.1) is 10.1 Å². The zero-order chi connectivity index (χ0) is 44.1. The summed E-state index contributed by atoms with van der Waals surface area (Å²) < 4.78 is 33.2. The minimum atomic E-state index is -1.02. The first kappa shape index (κ1) is 47.6. The third-order valence-corrected chi connectivity index (χ3v) is 10.1. The van der Waals surface area contributed by atoms with Gasteiger partial charge in [-0.15, -0.1) is 15.2 Å². The van der Waals surface area contributed by atoms with Crippen molar-refractivity contribution in [1.29, 1.82) is 0 Å². The number of carbonyl (C=O) groups is 3. The number of imidazole rings is 1. The smallest absolute Gasteiger partial charge is 0.465 e. The van der Waals surface area contributed by atoms with Gasteiger partial charge in [0, 0.05) is 24.2 Å². The monoisotopic (exact) mass is 867 g/mol. The average molecular weight is 868 g/mol. The molecule has 0 bridgehead atoms. The first-order valence-electron chi connectivity index (χ1n) is 19.7. The molecule has 1 aromatic heterocycles. The second kappa shape index (κ2) is 24.8. The first-order valence-corrected chi connectivity index (χ1v) is 20.8. The van der Waals surface area contributed by atoms with E-state index in [9.17, 15) is 24.5 Å². The van der Waals surface area contributed by atoms with Gasteiger partial charge in [-0.3, -0.25) is 9.36 Å². The molecule has 1 saturated carbocycles. The van der Waals surface area contributed by atoms with E-state index >= 15 is 0 Å². The number of hydrogen-bond acceptors (Lipinski definition) is 17. The summed E-state index contributed by atoms with van der Waals surface area (Å²) in [6, 6.07) is 20.7. The zero-order valence-electron chi connectivity index (χ0n) is 34.6. The number of amidine groups is 1. The molecule has 0 spiro atoms. The highest BCUT2D eigenvalue weighted by molar-refractivity contribution is 7.99. The molecule has 1 aliphatic rings. The lowest BCUT2D eigenvalue weighted by Gasteiger charge is -2.21. The van der Waals surface area contributed by atoms with Crippen molar-refractivity contribution >= 4 is 47.2 Å². The molecule has 2 atom stereocenters. The summed E-state index contributed by atoms with van der Waals surface area (Å²) in [4.78, 5) is 54.0. The molecule has 1 fully saturated rings. The number of esters is 1. The SMILES string of the molecule is CCOc1nc2cccc(C(=O)OC(C)OC)c2n1Cc1ccc(-c2ccccc2/C(N)=N/N(N)C(C)OC(=O)OCCSCCO[N+](=O)[O-])cc1.O=COC1CCCCC1. The molecule has 4 N–H and O–H groups in total. The van der Waals surface area contributed by atoms with E-state index < -0.39 is 29.7 Å². The third-order valence-electron chi connectivity index (χ3n) is 9.17.